The molecule has 1 saturated heterocycles. The van der Waals surface area contributed by atoms with Crippen LogP contribution in [0.2, 0.25) is 10.0 Å². The van der Waals surface area contributed by atoms with Crippen molar-refractivity contribution in [1.29, 1.82) is 0 Å². The van der Waals surface area contributed by atoms with Crippen LogP contribution in [0.4, 0.5) is 0 Å². The fraction of sp³-hybridized carbons (Fsp3) is 0.333. The number of amides is 1. The minimum atomic E-state index is -0.258. The van der Waals surface area contributed by atoms with Gasteiger partial charge in [0.1, 0.15) is 6.26 Å². The summed E-state index contributed by atoms with van der Waals surface area (Å²) in [6.45, 7) is 2.91. The van der Waals surface area contributed by atoms with Crippen molar-refractivity contribution in [1.82, 2.24) is 15.2 Å². The predicted octanol–water partition coefficient (Wildman–Crippen LogP) is 5.09. The zero-order chi connectivity index (χ0) is 22.3. The highest BCUT2D eigenvalue weighted by Crippen LogP contribution is 2.24. The van der Waals surface area contributed by atoms with E-state index in [-0.39, 0.29) is 17.7 Å². The Morgan fingerprint density at radius 2 is 1.97 bits per heavy atom. The van der Waals surface area contributed by atoms with Crippen LogP contribution in [0.1, 0.15) is 40.3 Å². The number of aromatic nitrogens is 1. The lowest BCUT2D eigenvalue weighted by Gasteiger charge is -2.21. The molecule has 1 aliphatic heterocycles. The summed E-state index contributed by atoms with van der Waals surface area (Å²) in [5.74, 6) is 0.208. The van der Waals surface area contributed by atoms with E-state index in [0.717, 1.165) is 30.6 Å². The van der Waals surface area contributed by atoms with E-state index in [1.165, 1.54) is 6.26 Å². The second-order valence-corrected chi connectivity index (χ2v) is 8.68. The third-order valence-electron chi connectivity index (χ3n) is 5.32. The summed E-state index contributed by atoms with van der Waals surface area (Å²) >= 11 is 12.4. The minimum Gasteiger partial charge on any atom is -0.447 e. The molecule has 168 valence electrons. The number of carbonyl (C=O) groups is 1. The number of halogens is 2. The smallest absolute Gasteiger partial charge is 0.273 e. The second kappa shape index (κ2) is 11.0. The number of ether oxygens (including phenoxy) is 1. The summed E-state index contributed by atoms with van der Waals surface area (Å²) in [7, 11) is 0. The van der Waals surface area contributed by atoms with Crippen LogP contribution < -0.4 is 5.32 Å². The van der Waals surface area contributed by atoms with Gasteiger partial charge < -0.3 is 14.5 Å². The average molecular weight is 474 g/mol. The minimum absolute atomic E-state index is 0.0795. The SMILES string of the molecule is O=C(NC[C@H]1CCCO1)c1coc(CN(Cc2ccccc2)Cc2ccc(Cl)cc2Cl)n1. The summed E-state index contributed by atoms with van der Waals surface area (Å²) < 4.78 is 11.2. The first-order valence-electron chi connectivity index (χ1n) is 10.6. The fourth-order valence-corrected chi connectivity index (χ4v) is 4.15. The summed E-state index contributed by atoms with van der Waals surface area (Å²) in [6.07, 6.45) is 3.47. The van der Waals surface area contributed by atoms with E-state index in [0.29, 0.717) is 42.1 Å². The van der Waals surface area contributed by atoms with Crippen molar-refractivity contribution in [3.63, 3.8) is 0 Å². The summed E-state index contributed by atoms with van der Waals surface area (Å²) in [5, 5.41) is 4.08. The molecule has 1 aliphatic rings. The van der Waals surface area contributed by atoms with Gasteiger partial charge in [-0.15, -0.1) is 0 Å². The lowest BCUT2D eigenvalue weighted by molar-refractivity contribution is 0.0853. The summed E-state index contributed by atoms with van der Waals surface area (Å²) in [4.78, 5) is 19.0. The molecule has 0 spiro atoms. The lowest BCUT2D eigenvalue weighted by atomic mass is 10.1. The number of oxazole rings is 1. The first-order chi connectivity index (χ1) is 15.6. The van der Waals surface area contributed by atoms with Gasteiger partial charge in [0.2, 0.25) is 5.89 Å². The van der Waals surface area contributed by atoms with Crippen molar-refractivity contribution < 1.29 is 13.9 Å². The van der Waals surface area contributed by atoms with E-state index in [1.54, 1.807) is 6.07 Å². The van der Waals surface area contributed by atoms with E-state index < -0.39 is 0 Å². The van der Waals surface area contributed by atoms with E-state index in [9.17, 15) is 4.79 Å². The third kappa shape index (κ3) is 6.33. The number of nitrogens with one attached hydrogen (secondary N) is 1. The van der Waals surface area contributed by atoms with Crippen molar-refractivity contribution in [3.8, 4) is 0 Å². The molecule has 1 amide bonds. The molecule has 0 bridgehead atoms. The highest BCUT2D eigenvalue weighted by molar-refractivity contribution is 6.35. The van der Waals surface area contributed by atoms with Crippen LogP contribution in [0.5, 0.6) is 0 Å². The van der Waals surface area contributed by atoms with Crippen molar-refractivity contribution in [2.45, 2.75) is 38.6 Å². The Morgan fingerprint density at radius 1 is 1.12 bits per heavy atom. The van der Waals surface area contributed by atoms with Gasteiger partial charge in [0, 0.05) is 36.3 Å². The molecule has 0 unspecified atom stereocenters. The van der Waals surface area contributed by atoms with Crippen molar-refractivity contribution in [3.05, 3.63) is 87.6 Å². The fourth-order valence-electron chi connectivity index (χ4n) is 3.68. The second-order valence-electron chi connectivity index (χ2n) is 7.84. The highest BCUT2D eigenvalue weighted by atomic mass is 35.5. The van der Waals surface area contributed by atoms with Crippen molar-refractivity contribution in [2.24, 2.45) is 0 Å². The van der Waals surface area contributed by atoms with Gasteiger partial charge in [-0.3, -0.25) is 9.69 Å². The van der Waals surface area contributed by atoms with Crippen LogP contribution in [0.25, 0.3) is 0 Å². The molecule has 4 rings (SSSR count). The quantitative estimate of drug-likeness (QED) is 0.468. The largest absolute Gasteiger partial charge is 0.447 e. The average Bonchev–Trinajstić information content (AvgIpc) is 3.47. The third-order valence-corrected chi connectivity index (χ3v) is 5.90. The normalized spacial score (nSPS) is 15.9. The Balaban J connectivity index is 1.43. The number of nitrogens with zero attached hydrogens (tertiary/aromatic N) is 2. The molecular weight excluding hydrogens is 449 g/mol. The van der Waals surface area contributed by atoms with Gasteiger partial charge >= 0.3 is 0 Å². The molecule has 32 heavy (non-hydrogen) atoms. The maximum Gasteiger partial charge on any atom is 0.273 e. The monoisotopic (exact) mass is 473 g/mol. The molecule has 0 saturated carbocycles. The molecule has 1 atom stereocenters. The molecule has 1 N–H and O–H groups in total. The summed E-state index contributed by atoms with van der Waals surface area (Å²) in [5.41, 5.74) is 2.37. The zero-order valence-corrected chi connectivity index (χ0v) is 19.1. The number of rotatable bonds is 9. The Labute approximate surface area is 197 Å². The maximum absolute atomic E-state index is 12.4. The first-order valence-corrected chi connectivity index (χ1v) is 11.4. The molecule has 2 heterocycles. The van der Waals surface area contributed by atoms with Crippen LogP contribution in [-0.2, 0) is 24.4 Å². The molecule has 1 aromatic heterocycles. The number of hydrogen-bond acceptors (Lipinski definition) is 5. The number of carbonyl (C=O) groups excluding carboxylic acids is 1. The molecular formula is C24H25Cl2N3O3. The Hall–Kier alpha value is -2.38. The standard InChI is InChI=1S/C24H25Cl2N3O3/c25-19-9-8-18(21(26)11-19)14-29(13-17-5-2-1-3-6-17)15-23-28-22(16-32-23)24(30)27-12-20-7-4-10-31-20/h1-3,5-6,8-9,11,16,20H,4,7,10,12-15H2,(H,27,30)/t20-/m1/s1. The Kier molecular flexibility index (Phi) is 7.81. The van der Waals surface area contributed by atoms with E-state index in [1.807, 2.05) is 30.3 Å². The van der Waals surface area contributed by atoms with Crippen molar-refractivity contribution >= 4 is 29.1 Å². The van der Waals surface area contributed by atoms with Crippen LogP contribution in [-0.4, -0.2) is 35.0 Å². The topological polar surface area (TPSA) is 67.6 Å². The van der Waals surface area contributed by atoms with Crippen molar-refractivity contribution in [2.75, 3.05) is 13.2 Å². The molecule has 8 heteroatoms. The molecule has 6 nitrogen and oxygen atoms in total. The van der Waals surface area contributed by atoms with E-state index in [4.69, 9.17) is 32.4 Å². The van der Waals surface area contributed by atoms with Gasteiger partial charge in [0.05, 0.1) is 12.6 Å². The van der Waals surface area contributed by atoms with E-state index >= 15 is 0 Å². The molecule has 1 fully saturated rings. The van der Waals surface area contributed by atoms with Crippen LogP contribution >= 0.6 is 23.2 Å². The highest BCUT2D eigenvalue weighted by Gasteiger charge is 2.19. The number of benzene rings is 2. The summed E-state index contributed by atoms with van der Waals surface area (Å²) in [6, 6.07) is 15.6. The van der Waals surface area contributed by atoms with E-state index in [2.05, 4.69) is 27.3 Å². The van der Waals surface area contributed by atoms with Gasteiger partial charge in [-0.2, -0.15) is 0 Å². The van der Waals surface area contributed by atoms with Gasteiger partial charge in [0.25, 0.3) is 5.91 Å². The first kappa shape index (κ1) is 22.8. The Morgan fingerprint density at radius 3 is 2.72 bits per heavy atom. The zero-order valence-electron chi connectivity index (χ0n) is 17.6. The predicted molar refractivity (Wildman–Crippen MR) is 124 cm³/mol. The van der Waals surface area contributed by atoms with Gasteiger partial charge in [-0.1, -0.05) is 59.6 Å². The molecule has 0 radical (unpaired) electrons. The van der Waals surface area contributed by atoms with Crippen LogP contribution in [0.3, 0.4) is 0 Å². The van der Waals surface area contributed by atoms with Gasteiger partial charge in [-0.25, -0.2) is 4.98 Å². The van der Waals surface area contributed by atoms with Gasteiger partial charge in [0.15, 0.2) is 5.69 Å². The lowest BCUT2D eigenvalue weighted by Crippen LogP contribution is -2.32. The maximum atomic E-state index is 12.4. The molecule has 0 aliphatic carbocycles. The van der Waals surface area contributed by atoms with Gasteiger partial charge in [-0.05, 0) is 36.1 Å². The Bertz CT molecular complexity index is 1040. The molecule has 2 aromatic carbocycles. The van der Waals surface area contributed by atoms with Crippen LogP contribution in [0.15, 0.2) is 59.2 Å². The van der Waals surface area contributed by atoms with Crippen LogP contribution in [0, 0.1) is 0 Å². The molecule has 3 aromatic rings. The number of hydrogen-bond donors (Lipinski definition) is 1.